The van der Waals surface area contributed by atoms with E-state index in [1.165, 1.54) is 58.9 Å². The number of amides is 2. The van der Waals surface area contributed by atoms with Gasteiger partial charge in [0.25, 0.3) is 11.8 Å². The number of nitriles is 1. The first-order valence-electron chi connectivity index (χ1n) is 10.1. The van der Waals surface area contributed by atoms with Gasteiger partial charge in [-0.05, 0) is 61.6 Å². The number of thiophene rings is 1. The highest BCUT2D eigenvalue weighted by Gasteiger charge is 2.18. The Kier molecular flexibility index (Phi) is 7.79. The topological polar surface area (TPSA) is 128 Å². The van der Waals surface area contributed by atoms with Gasteiger partial charge in [0, 0.05) is 23.4 Å². The van der Waals surface area contributed by atoms with Crippen molar-refractivity contribution in [3.63, 3.8) is 0 Å². The number of hydrazine groups is 1. The summed E-state index contributed by atoms with van der Waals surface area (Å²) in [6.45, 7) is 0.0131. The highest BCUT2D eigenvalue weighted by Crippen LogP contribution is 2.28. The Bertz CT molecular complexity index is 1060. The molecule has 2 aromatic rings. The highest BCUT2D eigenvalue weighted by molar-refractivity contribution is 7.89. The number of sulfonamides is 1. The molecule has 10 heteroatoms. The molecule has 0 spiro atoms. The Labute approximate surface area is 185 Å². The summed E-state index contributed by atoms with van der Waals surface area (Å²) in [6, 6.07) is 9.07. The molecule has 3 N–H and O–H groups in total. The Hall–Kier alpha value is -2.74. The van der Waals surface area contributed by atoms with Gasteiger partial charge in [0.1, 0.15) is 0 Å². The summed E-state index contributed by atoms with van der Waals surface area (Å²) in [7, 11) is -3.74. The van der Waals surface area contributed by atoms with Crippen molar-refractivity contribution in [3.8, 4) is 6.07 Å². The van der Waals surface area contributed by atoms with E-state index in [9.17, 15) is 18.0 Å². The van der Waals surface area contributed by atoms with E-state index in [1.807, 2.05) is 12.1 Å². The SMILES string of the molecule is N#CCCNS(=O)(=O)c1ccc(C(=O)NNC(=O)c2cc3c(s2)CCCCCC3)cc1. The molecule has 2 amide bonds. The molecule has 0 saturated heterocycles. The number of carbonyl (C=O) groups excluding carboxylic acids is 2. The van der Waals surface area contributed by atoms with Gasteiger partial charge in [0.2, 0.25) is 10.0 Å². The smallest absolute Gasteiger partial charge is 0.267 e. The fourth-order valence-corrected chi connectivity index (χ4v) is 5.49. The minimum Gasteiger partial charge on any atom is -0.267 e. The van der Waals surface area contributed by atoms with Gasteiger partial charge in [-0.3, -0.25) is 20.4 Å². The van der Waals surface area contributed by atoms with Crippen molar-refractivity contribution >= 4 is 33.2 Å². The first-order chi connectivity index (χ1) is 14.9. The van der Waals surface area contributed by atoms with Crippen LogP contribution in [0, 0.1) is 11.3 Å². The number of aryl methyl sites for hydroxylation is 2. The summed E-state index contributed by atoms with van der Waals surface area (Å²) in [5.74, 6) is -0.921. The van der Waals surface area contributed by atoms with E-state index in [4.69, 9.17) is 5.26 Å². The fourth-order valence-electron chi connectivity index (χ4n) is 3.31. The summed E-state index contributed by atoms with van der Waals surface area (Å²) >= 11 is 1.47. The predicted octanol–water partition coefficient (Wildman–Crippen LogP) is 2.67. The summed E-state index contributed by atoms with van der Waals surface area (Å²) in [5.41, 5.74) is 6.22. The van der Waals surface area contributed by atoms with Crippen molar-refractivity contribution in [2.75, 3.05) is 6.54 Å². The van der Waals surface area contributed by atoms with E-state index in [1.54, 1.807) is 0 Å². The molecule has 1 aliphatic rings. The molecule has 0 aliphatic heterocycles. The zero-order chi connectivity index (χ0) is 22.3. The van der Waals surface area contributed by atoms with E-state index in [-0.39, 0.29) is 29.3 Å². The lowest BCUT2D eigenvalue weighted by atomic mass is 10.00. The van der Waals surface area contributed by atoms with Crippen molar-refractivity contribution in [2.45, 2.75) is 49.8 Å². The minimum atomic E-state index is -3.74. The van der Waals surface area contributed by atoms with Crippen LogP contribution >= 0.6 is 11.3 Å². The largest absolute Gasteiger partial charge is 0.279 e. The van der Waals surface area contributed by atoms with Crippen LogP contribution in [0.5, 0.6) is 0 Å². The number of carbonyl (C=O) groups is 2. The first-order valence-corrected chi connectivity index (χ1v) is 12.4. The van der Waals surface area contributed by atoms with Crippen LogP contribution in [0.15, 0.2) is 35.2 Å². The molecule has 164 valence electrons. The first kappa shape index (κ1) is 22.9. The van der Waals surface area contributed by atoms with Crippen molar-refractivity contribution in [3.05, 3.63) is 51.2 Å². The summed E-state index contributed by atoms with van der Waals surface area (Å²) < 4.78 is 26.5. The van der Waals surface area contributed by atoms with Crippen LogP contribution in [0.1, 0.15) is 62.6 Å². The molecule has 3 rings (SSSR count). The molecule has 0 bridgehead atoms. The molecule has 0 atom stereocenters. The molecular weight excluding hydrogens is 436 g/mol. The number of nitrogens with zero attached hydrogens (tertiary/aromatic N) is 1. The maximum Gasteiger partial charge on any atom is 0.279 e. The molecule has 1 aliphatic carbocycles. The molecule has 8 nitrogen and oxygen atoms in total. The second kappa shape index (κ2) is 10.5. The summed E-state index contributed by atoms with van der Waals surface area (Å²) in [4.78, 5) is 26.6. The normalized spacial score (nSPS) is 13.9. The number of hydrogen-bond acceptors (Lipinski definition) is 6. The van der Waals surface area contributed by atoms with Gasteiger partial charge < -0.3 is 0 Å². The summed E-state index contributed by atoms with van der Waals surface area (Å²) in [6.07, 6.45) is 6.71. The zero-order valence-corrected chi connectivity index (χ0v) is 18.6. The van der Waals surface area contributed by atoms with Crippen LogP contribution in [0.4, 0.5) is 0 Å². The molecule has 1 aromatic carbocycles. The van der Waals surface area contributed by atoms with E-state index in [0.717, 1.165) is 25.7 Å². The fraction of sp³-hybridized carbons (Fsp3) is 0.381. The third-order valence-corrected chi connectivity index (χ3v) is 7.68. The second-order valence-electron chi connectivity index (χ2n) is 7.21. The van der Waals surface area contributed by atoms with Gasteiger partial charge in [0.15, 0.2) is 0 Å². The molecule has 0 fully saturated rings. The second-order valence-corrected chi connectivity index (χ2v) is 10.1. The maximum absolute atomic E-state index is 12.5. The van der Waals surface area contributed by atoms with Crippen molar-refractivity contribution < 1.29 is 18.0 Å². The monoisotopic (exact) mass is 460 g/mol. The van der Waals surface area contributed by atoms with Crippen LogP contribution in [-0.4, -0.2) is 26.8 Å². The molecule has 1 heterocycles. The predicted molar refractivity (Wildman–Crippen MR) is 117 cm³/mol. The molecular formula is C21H24N4O4S2. The van der Waals surface area contributed by atoms with E-state index in [0.29, 0.717) is 4.88 Å². The van der Waals surface area contributed by atoms with Gasteiger partial charge in [-0.2, -0.15) is 5.26 Å². The minimum absolute atomic E-state index is 0.0120. The van der Waals surface area contributed by atoms with Crippen LogP contribution in [-0.2, 0) is 22.9 Å². The molecule has 0 unspecified atom stereocenters. The molecule has 1 aromatic heterocycles. The number of fused-ring (bicyclic) bond motifs is 1. The Balaban J connectivity index is 1.57. The van der Waals surface area contributed by atoms with Crippen LogP contribution in [0.25, 0.3) is 0 Å². The number of rotatable bonds is 6. The lowest BCUT2D eigenvalue weighted by Gasteiger charge is -2.08. The standard InChI is InChI=1S/C21H24N4O4S2/c22-12-5-13-23-31(28,29)17-10-8-15(9-11-17)20(26)24-25-21(27)19-14-16-6-3-1-2-4-7-18(16)30-19/h8-11,14,23H,1-7,13H2,(H,24,26)(H,25,27). The average Bonchev–Trinajstić information content (AvgIpc) is 3.14. The van der Waals surface area contributed by atoms with Crippen LogP contribution < -0.4 is 15.6 Å². The van der Waals surface area contributed by atoms with Gasteiger partial charge in [-0.1, -0.05) is 12.8 Å². The molecule has 0 saturated carbocycles. The zero-order valence-electron chi connectivity index (χ0n) is 16.9. The van der Waals surface area contributed by atoms with Crippen molar-refractivity contribution in [1.82, 2.24) is 15.6 Å². The van der Waals surface area contributed by atoms with Crippen molar-refractivity contribution in [2.24, 2.45) is 0 Å². The third kappa shape index (κ3) is 6.13. The van der Waals surface area contributed by atoms with Gasteiger partial charge in [-0.25, -0.2) is 13.1 Å². The lowest BCUT2D eigenvalue weighted by Crippen LogP contribution is -2.41. The Morgan fingerprint density at radius 3 is 2.39 bits per heavy atom. The Morgan fingerprint density at radius 1 is 1.00 bits per heavy atom. The molecule has 31 heavy (non-hydrogen) atoms. The van der Waals surface area contributed by atoms with Gasteiger partial charge in [-0.15, -0.1) is 11.3 Å². The Morgan fingerprint density at radius 2 is 1.68 bits per heavy atom. The maximum atomic E-state index is 12.5. The number of nitrogens with one attached hydrogen (secondary N) is 3. The van der Waals surface area contributed by atoms with Crippen molar-refractivity contribution in [1.29, 1.82) is 5.26 Å². The van der Waals surface area contributed by atoms with Gasteiger partial charge >= 0.3 is 0 Å². The van der Waals surface area contributed by atoms with E-state index >= 15 is 0 Å². The molecule has 0 radical (unpaired) electrons. The lowest BCUT2D eigenvalue weighted by molar-refractivity contribution is 0.0849. The quantitative estimate of drug-likeness (QED) is 0.451. The van der Waals surface area contributed by atoms with Gasteiger partial charge in [0.05, 0.1) is 15.8 Å². The van der Waals surface area contributed by atoms with E-state index in [2.05, 4.69) is 15.6 Å². The van der Waals surface area contributed by atoms with Crippen LogP contribution in [0.2, 0.25) is 0 Å². The average molecular weight is 461 g/mol. The van der Waals surface area contributed by atoms with Crippen LogP contribution in [0.3, 0.4) is 0 Å². The van der Waals surface area contributed by atoms with E-state index < -0.39 is 15.9 Å². The number of hydrogen-bond donors (Lipinski definition) is 3. The highest BCUT2D eigenvalue weighted by atomic mass is 32.2. The third-order valence-electron chi connectivity index (χ3n) is 4.97. The number of benzene rings is 1. The summed E-state index contributed by atoms with van der Waals surface area (Å²) in [5, 5.41) is 8.50.